The fraction of sp³-hybridized carbons (Fsp3) is 0.316. The second kappa shape index (κ2) is 8.77. The third kappa shape index (κ3) is 4.34. The summed E-state index contributed by atoms with van der Waals surface area (Å²) in [5.41, 5.74) is 0.767. The molecule has 12 heteroatoms. The minimum Gasteiger partial charge on any atom is -0.323 e. The Morgan fingerprint density at radius 1 is 0.968 bits per heavy atom. The van der Waals surface area contributed by atoms with E-state index in [-0.39, 0.29) is 12.3 Å². The lowest BCUT2D eigenvalue weighted by molar-refractivity contribution is -0.116. The van der Waals surface area contributed by atoms with Crippen LogP contribution in [0.3, 0.4) is 0 Å². The van der Waals surface area contributed by atoms with E-state index < -0.39 is 41.2 Å². The summed E-state index contributed by atoms with van der Waals surface area (Å²) in [6.45, 7) is 4.52. The van der Waals surface area contributed by atoms with Crippen LogP contribution in [0.5, 0.6) is 0 Å². The van der Waals surface area contributed by atoms with E-state index >= 15 is 0 Å². The first kappa shape index (κ1) is 22.9. The van der Waals surface area contributed by atoms with Crippen LogP contribution >= 0.6 is 15.9 Å². The molecule has 31 heavy (non-hydrogen) atoms. The molecule has 1 aromatic carbocycles. The summed E-state index contributed by atoms with van der Waals surface area (Å²) < 4.78 is 71.7. The summed E-state index contributed by atoms with van der Waals surface area (Å²) in [6.07, 6.45) is 1.71. The number of nitrogens with one attached hydrogen (secondary N) is 1. The van der Waals surface area contributed by atoms with E-state index in [9.17, 15) is 26.7 Å². The normalized spacial score (nSPS) is 11.3. The molecule has 0 atom stereocenters. The van der Waals surface area contributed by atoms with Gasteiger partial charge in [0.25, 0.3) is 0 Å². The van der Waals surface area contributed by atoms with Gasteiger partial charge in [-0.2, -0.15) is 10.2 Å². The van der Waals surface area contributed by atoms with Crippen LogP contribution in [0.15, 0.2) is 10.7 Å². The topological polar surface area (TPSA) is 64.7 Å². The van der Waals surface area contributed by atoms with Crippen molar-refractivity contribution in [3.63, 3.8) is 0 Å². The number of nitrogens with zero attached hydrogens (tertiary/aromatic N) is 4. The van der Waals surface area contributed by atoms with E-state index in [0.717, 1.165) is 14.8 Å². The predicted molar refractivity (Wildman–Crippen MR) is 105 cm³/mol. The second-order valence-corrected chi connectivity index (χ2v) is 7.71. The number of halogens is 6. The number of benzene rings is 1. The van der Waals surface area contributed by atoms with Gasteiger partial charge in [-0.25, -0.2) is 22.0 Å². The molecule has 0 fully saturated rings. The summed E-state index contributed by atoms with van der Waals surface area (Å²) >= 11 is 3.33. The second-order valence-electron chi connectivity index (χ2n) is 6.85. The molecule has 0 bridgehead atoms. The standard InChI is InChI=1S/C19H17BrF5N5O/c1-8-19(27-13(31)4-5-29-9(2)12(20)6-26-29)10(3)30(28-8)7-11-14(21)16(23)18(25)17(24)15(11)22/h6H,4-5,7H2,1-3H3,(H,27,31). The zero-order valence-corrected chi connectivity index (χ0v) is 18.2. The lowest BCUT2D eigenvalue weighted by Gasteiger charge is -2.10. The molecule has 1 amide bonds. The van der Waals surface area contributed by atoms with Crippen LogP contribution in [0, 0.1) is 49.9 Å². The lowest BCUT2D eigenvalue weighted by atomic mass is 10.1. The molecule has 3 rings (SSSR count). The molecule has 0 radical (unpaired) electrons. The Bertz CT molecular complexity index is 1140. The van der Waals surface area contributed by atoms with E-state index in [2.05, 4.69) is 31.4 Å². The SMILES string of the molecule is Cc1nn(Cc2c(F)c(F)c(F)c(F)c2F)c(C)c1NC(=O)CCn1ncc(Br)c1C. The molecule has 0 aliphatic carbocycles. The van der Waals surface area contributed by atoms with Crippen molar-refractivity contribution >= 4 is 27.5 Å². The third-order valence-electron chi connectivity index (χ3n) is 4.85. The predicted octanol–water partition coefficient (Wildman–Crippen LogP) is 4.54. The highest BCUT2D eigenvalue weighted by Gasteiger charge is 2.27. The highest BCUT2D eigenvalue weighted by atomic mass is 79.9. The van der Waals surface area contributed by atoms with Crippen LogP contribution < -0.4 is 5.32 Å². The van der Waals surface area contributed by atoms with Crippen LogP contribution in [-0.2, 0) is 17.9 Å². The number of carbonyl (C=O) groups excluding carboxylic acids is 1. The Kier molecular flexibility index (Phi) is 6.48. The minimum absolute atomic E-state index is 0.0939. The van der Waals surface area contributed by atoms with Gasteiger partial charge in [-0.15, -0.1) is 0 Å². The van der Waals surface area contributed by atoms with Crippen molar-refractivity contribution in [2.45, 2.75) is 40.3 Å². The Labute approximate surface area is 182 Å². The maximum absolute atomic E-state index is 14.0. The summed E-state index contributed by atoms with van der Waals surface area (Å²) in [4.78, 5) is 12.3. The first-order valence-corrected chi connectivity index (χ1v) is 9.84. The number of carbonyl (C=O) groups is 1. The van der Waals surface area contributed by atoms with E-state index in [4.69, 9.17) is 0 Å². The Hall–Kier alpha value is -2.76. The Morgan fingerprint density at radius 2 is 1.55 bits per heavy atom. The van der Waals surface area contributed by atoms with Gasteiger partial charge in [0, 0.05) is 12.1 Å². The van der Waals surface area contributed by atoms with Crippen molar-refractivity contribution in [3.05, 3.63) is 62.4 Å². The molecule has 1 N–H and O–H groups in total. The van der Waals surface area contributed by atoms with Gasteiger partial charge in [0.15, 0.2) is 23.3 Å². The molecule has 0 aliphatic heterocycles. The number of hydrogen-bond acceptors (Lipinski definition) is 3. The van der Waals surface area contributed by atoms with Gasteiger partial charge in [0.2, 0.25) is 11.7 Å². The fourth-order valence-electron chi connectivity index (χ4n) is 3.03. The number of aryl methyl sites for hydroxylation is 2. The quantitative estimate of drug-likeness (QED) is 0.304. The van der Waals surface area contributed by atoms with Crippen LogP contribution in [0.4, 0.5) is 27.6 Å². The molecule has 6 nitrogen and oxygen atoms in total. The fourth-order valence-corrected chi connectivity index (χ4v) is 3.33. The smallest absolute Gasteiger partial charge is 0.226 e. The average Bonchev–Trinajstić information content (AvgIpc) is 3.19. The van der Waals surface area contributed by atoms with E-state index in [1.54, 1.807) is 17.8 Å². The molecular weight excluding hydrogens is 489 g/mol. The van der Waals surface area contributed by atoms with Crippen molar-refractivity contribution in [1.29, 1.82) is 0 Å². The van der Waals surface area contributed by atoms with Gasteiger partial charge in [-0.3, -0.25) is 14.2 Å². The molecule has 2 heterocycles. The van der Waals surface area contributed by atoms with Crippen molar-refractivity contribution < 1.29 is 26.7 Å². The zero-order chi connectivity index (χ0) is 23.0. The molecule has 0 spiro atoms. The number of anilines is 1. The zero-order valence-electron chi connectivity index (χ0n) is 16.7. The summed E-state index contributed by atoms with van der Waals surface area (Å²) in [7, 11) is 0. The lowest BCUT2D eigenvalue weighted by Crippen LogP contribution is -2.17. The van der Waals surface area contributed by atoms with Crippen molar-refractivity contribution in [2.24, 2.45) is 0 Å². The highest BCUT2D eigenvalue weighted by Crippen LogP contribution is 2.26. The molecule has 2 aromatic heterocycles. The molecule has 3 aromatic rings. The van der Waals surface area contributed by atoms with Gasteiger partial charge < -0.3 is 5.32 Å². The molecule has 0 saturated heterocycles. The van der Waals surface area contributed by atoms with Gasteiger partial charge >= 0.3 is 0 Å². The van der Waals surface area contributed by atoms with Crippen LogP contribution in [0.1, 0.15) is 29.1 Å². The van der Waals surface area contributed by atoms with E-state index in [1.165, 1.54) is 6.92 Å². The van der Waals surface area contributed by atoms with Crippen LogP contribution in [-0.4, -0.2) is 25.5 Å². The van der Waals surface area contributed by atoms with E-state index in [0.29, 0.717) is 23.6 Å². The third-order valence-corrected chi connectivity index (χ3v) is 5.63. The Morgan fingerprint density at radius 3 is 2.10 bits per heavy atom. The summed E-state index contributed by atoms with van der Waals surface area (Å²) in [5.74, 6) is -10.5. The van der Waals surface area contributed by atoms with Crippen LogP contribution in [0.25, 0.3) is 0 Å². The van der Waals surface area contributed by atoms with Crippen LogP contribution in [0.2, 0.25) is 0 Å². The largest absolute Gasteiger partial charge is 0.323 e. The first-order chi connectivity index (χ1) is 14.5. The Balaban J connectivity index is 1.78. The molecule has 166 valence electrons. The van der Waals surface area contributed by atoms with Crippen molar-refractivity contribution in [3.8, 4) is 0 Å². The number of amides is 1. The highest BCUT2D eigenvalue weighted by molar-refractivity contribution is 9.10. The minimum atomic E-state index is -2.22. The van der Waals surface area contributed by atoms with Crippen molar-refractivity contribution in [2.75, 3.05) is 5.32 Å². The maximum Gasteiger partial charge on any atom is 0.226 e. The first-order valence-electron chi connectivity index (χ1n) is 9.05. The van der Waals surface area contributed by atoms with Gasteiger partial charge in [0.1, 0.15) is 0 Å². The maximum atomic E-state index is 14.0. The molecule has 0 unspecified atom stereocenters. The van der Waals surface area contributed by atoms with Crippen molar-refractivity contribution in [1.82, 2.24) is 19.6 Å². The summed E-state index contributed by atoms with van der Waals surface area (Å²) in [5, 5.41) is 10.9. The number of aromatic nitrogens is 4. The summed E-state index contributed by atoms with van der Waals surface area (Å²) in [6, 6.07) is 0. The monoisotopic (exact) mass is 505 g/mol. The molecule has 0 saturated carbocycles. The van der Waals surface area contributed by atoms with Gasteiger partial charge in [-0.05, 0) is 36.7 Å². The van der Waals surface area contributed by atoms with E-state index in [1.807, 2.05) is 6.92 Å². The molecule has 0 aliphatic rings. The average molecular weight is 506 g/mol. The van der Waals surface area contributed by atoms with Gasteiger partial charge in [-0.1, -0.05) is 0 Å². The molecular formula is C19H17BrF5N5O. The number of hydrogen-bond donors (Lipinski definition) is 1. The van der Waals surface area contributed by atoms with Gasteiger partial charge in [0.05, 0.1) is 46.4 Å². The number of rotatable bonds is 6.